The van der Waals surface area contributed by atoms with Gasteiger partial charge in [-0.3, -0.25) is 9.78 Å². The van der Waals surface area contributed by atoms with Gasteiger partial charge in [-0.15, -0.1) is 0 Å². The van der Waals surface area contributed by atoms with Crippen LogP contribution in [0.4, 0.5) is 0 Å². The summed E-state index contributed by atoms with van der Waals surface area (Å²) in [5.41, 5.74) is 1.10. The van der Waals surface area contributed by atoms with Gasteiger partial charge in [-0.1, -0.05) is 6.07 Å². The maximum atomic E-state index is 10.5. The Hall–Kier alpha value is -1.38. The number of hydrogen-bond donors (Lipinski definition) is 0. The zero-order chi connectivity index (χ0) is 9.10. The first kappa shape index (κ1) is 8.23. The Kier molecular flexibility index (Phi) is 2.25. The second-order valence-electron chi connectivity index (χ2n) is 3.34. The number of rotatable bonds is 2. The van der Waals surface area contributed by atoms with Gasteiger partial charge in [0.25, 0.3) is 0 Å². The molecule has 1 fully saturated rings. The van der Waals surface area contributed by atoms with Crippen LogP contribution in [0.1, 0.15) is 18.0 Å². The van der Waals surface area contributed by atoms with Crippen molar-refractivity contribution in [3.63, 3.8) is 0 Å². The lowest BCUT2D eigenvalue weighted by atomic mass is 10.0. The van der Waals surface area contributed by atoms with Crippen LogP contribution in [-0.4, -0.2) is 29.4 Å². The Morgan fingerprint density at radius 3 is 3.08 bits per heavy atom. The first-order valence-electron chi connectivity index (χ1n) is 4.50. The molecule has 3 nitrogen and oxygen atoms in total. The highest BCUT2D eigenvalue weighted by Crippen LogP contribution is 2.23. The maximum absolute atomic E-state index is 10.5. The fourth-order valence-corrected chi connectivity index (χ4v) is 1.74. The fraction of sp³-hybridized carbons (Fsp3) is 0.400. The molecule has 0 aromatic carbocycles. The molecule has 0 N–H and O–H groups in total. The molecule has 0 spiro atoms. The summed E-state index contributed by atoms with van der Waals surface area (Å²) in [4.78, 5) is 16.6. The normalized spacial score (nSPS) is 21.8. The van der Waals surface area contributed by atoms with E-state index in [-0.39, 0.29) is 0 Å². The fourth-order valence-electron chi connectivity index (χ4n) is 1.74. The molecule has 1 amide bonds. The van der Waals surface area contributed by atoms with Crippen LogP contribution in [0.5, 0.6) is 0 Å². The minimum Gasteiger partial charge on any atom is -0.345 e. The zero-order valence-corrected chi connectivity index (χ0v) is 7.39. The van der Waals surface area contributed by atoms with Crippen molar-refractivity contribution < 1.29 is 4.79 Å². The van der Waals surface area contributed by atoms with Gasteiger partial charge in [-0.2, -0.15) is 0 Å². The van der Waals surface area contributed by atoms with Crippen molar-refractivity contribution in [2.75, 3.05) is 13.1 Å². The number of amides is 1. The molecule has 3 heteroatoms. The smallest absolute Gasteiger partial charge is 0.209 e. The quantitative estimate of drug-likeness (QED) is 0.630. The molecule has 0 aliphatic carbocycles. The van der Waals surface area contributed by atoms with Crippen LogP contribution >= 0.6 is 0 Å². The molecule has 1 aliphatic heterocycles. The van der Waals surface area contributed by atoms with E-state index in [9.17, 15) is 4.79 Å². The van der Waals surface area contributed by atoms with Crippen molar-refractivity contribution >= 4 is 6.41 Å². The summed E-state index contributed by atoms with van der Waals surface area (Å²) < 4.78 is 0. The SMILES string of the molecule is O=CN1CCC(c2ccccn2)C1. The Bertz CT molecular complexity index is 286. The van der Waals surface area contributed by atoms with Gasteiger partial charge >= 0.3 is 0 Å². The van der Waals surface area contributed by atoms with Crippen LogP contribution in [0.3, 0.4) is 0 Å². The molecular weight excluding hydrogens is 164 g/mol. The number of likely N-dealkylation sites (tertiary alicyclic amines) is 1. The molecular formula is C10H12N2O. The molecule has 13 heavy (non-hydrogen) atoms. The van der Waals surface area contributed by atoms with E-state index in [0.29, 0.717) is 5.92 Å². The van der Waals surface area contributed by atoms with Crippen LogP contribution in [0.25, 0.3) is 0 Å². The van der Waals surface area contributed by atoms with Crippen LogP contribution in [0, 0.1) is 0 Å². The number of nitrogens with zero attached hydrogens (tertiary/aromatic N) is 2. The Morgan fingerprint density at radius 1 is 1.54 bits per heavy atom. The van der Waals surface area contributed by atoms with Crippen LogP contribution in [0.15, 0.2) is 24.4 Å². The third-order valence-electron chi connectivity index (χ3n) is 2.47. The van der Waals surface area contributed by atoms with E-state index in [2.05, 4.69) is 4.98 Å². The van der Waals surface area contributed by atoms with E-state index in [4.69, 9.17) is 0 Å². The Morgan fingerprint density at radius 2 is 2.46 bits per heavy atom. The molecule has 0 radical (unpaired) electrons. The van der Waals surface area contributed by atoms with Crippen molar-refractivity contribution in [2.45, 2.75) is 12.3 Å². The predicted molar refractivity (Wildman–Crippen MR) is 49.2 cm³/mol. The van der Waals surface area contributed by atoms with Crippen molar-refractivity contribution in [1.82, 2.24) is 9.88 Å². The van der Waals surface area contributed by atoms with E-state index < -0.39 is 0 Å². The van der Waals surface area contributed by atoms with Crippen LogP contribution in [0.2, 0.25) is 0 Å². The zero-order valence-electron chi connectivity index (χ0n) is 7.39. The summed E-state index contributed by atoms with van der Waals surface area (Å²) in [6, 6.07) is 5.93. The molecule has 1 aromatic heterocycles. The highest BCUT2D eigenvalue weighted by molar-refractivity contribution is 5.48. The van der Waals surface area contributed by atoms with Gasteiger partial charge in [0, 0.05) is 30.9 Å². The topological polar surface area (TPSA) is 33.2 Å². The monoisotopic (exact) mass is 176 g/mol. The lowest BCUT2D eigenvalue weighted by molar-refractivity contribution is -0.117. The van der Waals surface area contributed by atoms with E-state index in [1.807, 2.05) is 18.2 Å². The summed E-state index contributed by atoms with van der Waals surface area (Å²) in [7, 11) is 0. The van der Waals surface area contributed by atoms with Crippen molar-refractivity contribution in [3.8, 4) is 0 Å². The van der Waals surface area contributed by atoms with Gasteiger partial charge < -0.3 is 4.90 Å². The highest BCUT2D eigenvalue weighted by atomic mass is 16.1. The third-order valence-corrected chi connectivity index (χ3v) is 2.47. The first-order valence-corrected chi connectivity index (χ1v) is 4.50. The lowest BCUT2D eigenvalue weighted by Gasteiger charge is -2.09. The average molecular weight is 176 g/mol. The molecule has 1 unspecified atom stereocenters. The molecule has 68 valence electrons. The highest BCUT2D eigenvalue weighted by Gasteiger charge is 2.22. The second-order valence-corrected chi connectivity index (χ2v) is 3.34. The number of carbonyl (C=O) groups excluding carboxylic acids is 1. The summed E-state index contributed by atoms with van der Waals surface area (Å²) in [6.07, 6.45) is 3.76. The molecule has 1 saturated heterocycles. The molecule has 1 aromatic rings. The first-order chi connectivity index (χ1) is 6.40. The molecule has 0 bridgehead atoms. The number of carbonyl (C=O) groups is 1. The summed E-state index contributed by atoms with van der Waals surface area (Å²) in [5.74, 6) is 0.436. The summed E-state index contributed by atoms with van der Waals surface area (Å²) in [5, 5.41) is 0. The summed E-state index contributed by atoms with van der Waals surface area (Å²) >= 11 is 0. The minimum absolute atomic E-state index is 0.436. The van der Waals surface area contributed by atoms with Gasteiger partial charge in [-0.05, 0) is 18.6 Å². The minimum atomic E-state index is 0.436. The van der Waals surface area contributed by atoms with Crippen molar-refractivity contribution in [1.29, 1.82) is 0 Å². The molecule has 1 aliphatic rings. The standard InChI is InChI=1S/C10H12N2O/c13-8-12-6-4-9(7-12)10-3-1-2-5-11-10/h1-3,5,8-9H,4,6-7H2. The van der Waals surface area contributed by atoms with Crippen molar-refractivity contribution in [3.05, 3.63) is 30.1 Å². The van der Waals surface area contributed by atoms with Crippen LogP contribution in [-0.2, 0) is 4.79 Å². The van der Waals surface area contributed by atoms with Crippen molar-refractivity contribution in [2.24, 2.45) is 0 Å². The number of hydrogen-bond acceptors (Lipinski definition) is 2. The van der Waals surface area contributed by atoms with Crippen LogP contribution < -0.4 is 0 Å². The number of pyridine rings is 1. The second kappa shape index (κ2) is 3.56. The van der Waals surface area contributed by atoms with Gasteiger partial charge in [-0.25, -0.2) is 0 Å². The molecule has 0 saturated carbocycles. The predicted octanol–water partition coefficient (Wildman–Crippen LogP) is 1.03. The van der Waals surface area contributed by atoms with Gasteiger partial charge in [0.1, 0.15) is 0 Å². The van der Waals surface area contributed by atoms with Gasteiger partial charge in [0.15, 0.2) is 0 Å². The van der Waals surface area contributed by atoms with Gasteiger partial charge in [0.2, 0.25) is 6.41 Å². The largest absolute Gasteiger partial charge is 0.345 e. The average Bonchev–Trinajstić information content (AvgIpc) is 2.67. The van der Waals surface area contributed by atoms with Gasteiger partial charge in [0.05, 0.1) is 0 Å². The third kappa shape index (κ3) is 1.69. The van der Waals surface area contributed by atoms with E-state index in [1.54, 1.807) is 11.1 Å². The molecule has 2 rings (SSSR count). The van der Waals surface area contributed by atoms with E-state index in [0.717, 1.165) is 31.6 Å². The lowest BCUT2D eigenvalue weighted by Crippen LogP contribution is -2.17. The van der Waals surface area contributed by atoms with E-state index >= 15 is 0 Å². The molecule has 2 heterocycles. The summed E-state index contributed by atoms with van der Waals surface area (Å²) in [6.45, 7) is 1.69. The number of aromatic nitrogens is 1. The maximum Gasteiger partial charge on any atom is 0.209 e. The molecule has 1 atom stereocenters. The Balaban J connectivity index is 2.08. The Labute approximate surface area is 77.4 Å². The van der Waals surface area contributed by atoms with E-state index in [1.165, 1.54) is 0 Å².